The highest BCUT2D eigenvalue weighted by Gasteiger charge is 2.05. The molecule has 0 radical (unpaired) electrons. The quantitative estimate of drug-likeness (QED) is 0.168. The van der Waals surface area contributed by atoms with Crippen molar-refractivity contribution in [2.24, 2.45) is 0 Å². The van der Waals surface area contributed by atoms with Crippen LogP contribution < -0.4 is 0 Å². The van der Waals surface area contributed by atoms with E-state index in [2.05, 4.69) is 25.8 Å². The van der Waals surface area contributed by atoms with Gasteiger partial charge in [0.05, 0.1) is 6.61 Å². The fourth-order valence-corrected chi connectivity index (χ4v) is 3.10. The maximum atomic E-state index is 6.08. The van der Waals surface area contributed by atoms with E-state index in [0.29, 0.717) is 0 Å². The van der Waals surface area contributed by atoms with Crippen molar-refractivity contribution in [1.82, 2.24) is 5.06 Å². The Hall–Kier alpha value is -0.0800. The Bertz CT molecular complexity index is 208. The topological polar surface area (TPSA) is 12.5 Å². The largest absolute Gasteiger partial charge is 0.299 e. The van der Waals surface area contributed by atoms with Gasteiger partial charge in [-0.2, -0.15) is 5.06 Å². The van der Waals surface area contributed by atoms with Crippen LogP contribution in [0.4, 0.5) is 0 Å². The van der Waals surface area contributed by atoms with Crippen molar-refractivity contribution in [2.45, 2.75) is 124 Å². The van der Waals surface area contributed by atoms with E-state index in [0.717, 1.165) is 19.7 Å². The van der Waals surface area contributed by atoms with Crippen LogP contribution in [0.15, 0.2) is 0 Å². The van der Waals surface area contributed by atoms with Gasteiger partial charge in [0.1, 0.15) is 0 Å². The highest BCUT2D eigenvalue weighted by atomic mass is 16.7. The lowest BCUT2D eigenvalue weighted by Crippen LogP contribution is -2.27. The molecule has 0 N–H and O–H groups in total. The van der Waals surface area contributed by atoms with Gasteiger partial charge in [0, 0.05) is 13.1 Å². The van der Waals surface area contributed by atoms with E-state index in [-0.39, 0.29) is 0 Å². The van der Waals surface area contributed by atoms with Crippen LogP contribution in [0.3, 0.4) is 0 Å². The smallest absolute Gasteiger partial charge is 0.0685 e. The number of hydrogen-bond donors (Lipinski definition) is 0. The van der Waals surface area contributed by atoms with E-state index >= 15 is 0 Å². The second-order valence-corrected chi connectivity index (χ2v) is 7.36. The van der Waals surface area contributed by atoms with Gasteiger partial charge in [-0.15, -0.1) is 0 Å². The minimum absolute atomic E-state index is 0.927. The van der Waals surface area contributed by atoms with Crippen LogP contribution in [-0.4, -0.2) is 24.8 Å². The number of unbranched alkanes of at least 4 members (excludes halogenated alkanes) is 13. The maximum Gasteiger partial charge on any atom is 0.0685 e. The van der Waals surface area contributed by atoms with Gasteiger partial charge in [-0.3, -0.25) is 4.84 Å². The minimum atomic E-state index is 0.927. The molecule has 2 heteroatoms. The highest BCUT2D eigenvalue weighted by molar-refractivity contribution is 4.51. The molecule has 2 nitrogen and oxygen atoms in total. The predicted octanol–water partition coefficient (Wildman–Crippen LogP) is 7.52. The van der Waals surface area contributed by atoms with Crippen molar-refractivity contribution in [1.29, 1.82) is 0 Å². The molecule has 0 aliphatic heterocycles. The summed E-state index contributed by atoms with van der Waals surface area (Å²) in [4.78, 5) is 6.08. The van der Waals surface area contributed by atoms with Crippen LogP contribution >= 0.6 is 0 Å². The van der Waals surface area contributed by atoms with Gasteiger partial charge < -0.3 is 0 Å². The molecule has 0 heterocycles. The Morgan fingerprint density at radius 3 is 1.29 bits per heavy atom. The molecule has 0 rings (SSSR count). The summed E-state index contributed by atoms with van der Waals surface area (Å²) in [6.07, 6.45) is 21.6. The highest BCUT2D eigenvalue weighted by Crippen LogP contribution is 2.10. The van der Waals surface area contributed by atoms with E-state index < -0.39 is 0 Å². The van der Waals surface area contributed by atoms with Crippen molar-refractivity contribution in [3.63, 3.8) is 0 Å². The molecule has 0 aliphatic carbocycles. The van der Waals surface area contributed by atoms with E-state index in [4.69, 9.17) is 4.84 Å². The van der Waals surface area contributed by atoms with Gasteiger partial charge in [0.15, 0.2) is 0 Å². The molecule has 0 saturated carbocycles. The van der Waals surface area contributed by atoms with Crippen LogP contribution in [0.2, 0.25) is 0 Å². The molecule has 0 saturated heterocycles. The van der Waals surface area contributed by atoms with Gasteiger partial charge in [-0.1, -0.05) is 104 Å². The van der Waals surface area contributed by atoms with Gasteiger partial charge >= 0.3 is 0 Å². The zero-order chi connectivity index (χ0) is 17.7. The Labute approximate surface area is 153 Å². The maximum absolute atomic E-state index is 6.08. The first kappa shape index (κ1) is 23.9. The average molecular weight is 342 g/mol. The van der Waals surface area contributed by atoms with Crippen molar-refractivity contribution < 1.29 is 4.84 Å². The molecule has 0 fully saturated rings. The zero-order valence-corrected chi connectivity index (χ0v) is 17.3. The fraction of sp³-hybridized carbons (Fsp3) is 1.00. The third kappa shape index (κ3) is 18.3. The van der Waals surface area contributed by atoms with E-state index in [1.54, 1.807) is 0 Å². The Morgan fingerprint density at radius 1 is 0.458 bits per heavy atom. The van der Waals surface area contributed by atoms with Gasteiger partial charge in [-0.05, 0) is 19.3 Å². The van der Waals surface area contributed by atoms with Crippen LogP contribution in [-0.2, 0) is 4.84 Å². The number of hydroxylamine groups is 2. The van der Waals surface area contributed by atoms with Gasteiger partial charge in [-0.25, -0.2) is 0 Å². The summed E-state index contributed by atoms with van der Waals surface area (Å²) >= 11 is 0. The van der Waals surface area contributed by atoms with Crippen LogP contribution in [0, 0.1) is 0 Å². The van der Waals surface area contributed by atoms with Crippen molar-refractivity contribution >= 4 is 0 Å². The summed E-state index contributed by atoms with van der Waals surface area (Å²) in [5.41, 5.74) is 0. The third-order valence-corrected chi connectivity index (χ3v) is 4.79. The Balaban J connectivity index is 3.62. The lowest BCUT2D eigenvalue weighted by Gasteiger charge is -2.22. The summed E-state index contributed by atoms with van der Waals surface area (Å²) < 4.78 is 0. The molecule has 0 bridgehead atoms. The van der Waals surface area contributed by atoms with E-state index in [9.17, 15) is 0 Å². The molecule has 0 spiro atoms. The molecular weight excluding hydrogens is 294 g/mol. The molecule has 0 aromatic carbocycles. The lowest BCUT2D eigenvalue weighted by atomic mass is 10.1. The Morgan fingerprint density at radius 2 is 0.833 bits per heavy atom. The minimum Gasteiger partial charge on any atom is -0.299 e. The van der Waals surface area contributed by atoms with Gasteiger partial charge in [0.25, 0.3) is 0 Å². The van der Waals surface area contributed by atoms with Gasteiger partial charge in [0.2, 0.25) is 0 Å². The average Bonchev–Trinajstić information content (AvgIpc) is 2.60. The zero-order valence-electron chi connectivity index (χ0n) is 17.3. The molecule has 0 amide bonds. The monoisotopic (exact) mass is 341 g/mol. The summed E-state index contributed by atoms with van der Waals surface area (Å²) in [5.74, 6) is 0. The van der Waals surface area contributed by atoms with Crippen LogP contribution in [0.25, 0.3) is 0 Å². The van der Waals surface area contributed by atoms with Crippen molar-refractivity contribution in [2.75, 3.05) is 19.7 Å². The van der Waals surface area contributed by atoms with Crippen molar-refractivity contribution in [3.8, 4) is 0 Å². The SMILES string of the molecule is CCCCCCCCCCON(CCCCCC)CCCCCC. The third-order valence-electron chi connectivity index (χ3n) is 4.79. The summed E-state index contributed by atoms with van der Waals surface area (Å²) in [5, 5.41) is 2.27. The standard InChI is InChI=1S/C22H47NO/c1-4-7-10-13-14-15-16-19-22-24-23(20-17-11-8-5-2)21-18-12-9-6-3/h4-22H2,1-3H3. The molecular formula is C22H47NO. The normalized spacial score (nSPS) is 11.5. The molecule has 146 valence electrons. The first-order valence-electron chi connectivity index (χ1n) is 11.2. The number of hydrogen-bond acceptors (Lipinski definition) is 2. The summed E-state index contributed by atoms with van der Waals surface area (Å²) in [6.45, 7) is 10.0. The van der Waals surface area contributed by atoms with Crippen LogP contribution in [0.1, 0.15) is 124 Å². The molecule has 24 heavy (non-hydrogen) atoms. The second kappa shape index (κ2) is 21.0. The summed E-state index contributed by atoms with van der Waals surface area (Å²) in [7, 11) is 0. The van der Waals surface area contributed by atoms with Crippen molar-refractivity contribution in [3.05, 3.63) is 0 Å². The molecule has 0 unspecified atom stereocenters. The molecule has 0 aromatic heterocycles. The number of nitrogens with zero attached hydrogens (tertiary/aromatic N) is 1. The first-order chi connectivity index (χ1) is 11.8. The van der Waals surface area contributed by atoms with E-state index in [1.165, 1.54) is 103 Å². The number of rotatable bonds is 20. The fourth-order valence-electron chi connectivity index (χ4n) is 3.10. The second-order valence-electron chi connectivity index (χ2n) is 7.36. The molecule has 0 atom stereocenters. The Kier molecular flexibility index (Phi) is 20.9. The summed E-state index contributed by atoms with van der Waals surface area (Å²) in [6, 6.07) is 0. The predicted molar refractivity (Wildman–Crippen MR) is 108 cm³/mol. The molecule has 0 aliphatic rings. The first-order valence-corrected chi connectivity index (χ1v) is 11.2. The molecule has 0 aromatic rings. The van der Waals surface area contributed by atoms with E-state index in [1.807, 2.05) is 0 Å². The van der Waals surface area contributed by atoms with Crippen LogP contribution in [0.5, 0.6) is 0 Å². The lowest BCUT2D eigenvalue weighted by molar-refractivity contribution is -0.161.